The summed E-state index contributed by atoms with van der Waals surface area (Å²) in [6.45, 7) is 0. The molecule has 0 radical (unpaired) electrons. The zero-order valence-electron chi connectivity index (χ0n) is 8.04. The fourth-order valence-electron chi connectivity index (χ4n) is 1.90. The molecule has 0 unspecified atom stereocenters. The molecular formula is C10H9N5. The summed E-state index contributed by atoms with van der Waals surface area (Å²) in [6, 6.07) is 7.74. The van der Waals surface area contributed by atoms with Gasteiger partial charge in [0.2, 0.25) is 0 Å². The molecule has 0 amide bonds. The molecule has 2 rings (SSSR count). The SMILES string of the molecule is N#CC1(c2ccccn2)CC(N=[N+]=[N-])C1. The van der Waals surface area contributed by atoms with Gasteiger partial charge in [0.15, 0.2) is 0 Å². The highest BCUT2D eigenvalue weighted by atomic mass is 15.2. The van der Waals surface area contributed by atoms with Crippen molar-refractivity contribution in [3.63, 3.8) is 0 Å². The quantitative estimate of drug-likeness (QED) is 0.415. The van der Waals surface area contributed by atoms with E-state index in [9.17, 15) is 0 Å². The Balaban J connectivity index is 2.22. The van der Waals surface area contributed by atoms with Crippen LogP contribution in [-0.4, -0.2) is 11.0 Å². The summed E-state index contributed by atoms with van der Waals surface area (Å²) in [7, 11) is 0. The van der Waals surface area contributed by atoms with Gasteiger partial charge in [-0.1, -0.05) is 11.2 Å². The van der Waals surface area contributed by atoms with Gasteiger partial charge in [0.05, 0.1) is 11.8 Å². The fourth-order valence-corrected chi connectivity index (χ4v) is 1.90. The molecule has 0 saturated heterocycles. The molecule has 0 bridgehead atoms. The molecule has 5 nitrogen and oxygen atoms in total. The molecule has 1 aromatic heterocycles. The molecule has 0 N–H and O–H groups in total. The van der Waals surface area contributed by atoms with Crippen LogP contribution in [0.25, 0.3) is 10.4 Å². The van der Waals surface area contributed by atoms with Crippen LogP contribution in [-0.2, 0) is 5.41 Å². The van der Waals surface area contributed by atoms with E-state index in [4.69, 9.17) is 10.8 Å². The van der Waals surface area contributed by atoms with Crippen molar-refractivity contribution in [3.05, 3.63) is 40.5 Å². The van der Waals surface area contributed by atoms with Crippen molar-refractivity contribution in [2.24, 2.45) is 5.11 Å². The lowest BCUT2D eigenvalue weighted by Gasteiger charge is -2.39. The highest BCUT2D eigenvalue weighted by molar-refractivity contribution is 5.32. The predicted molar refractivity (Wildman–Crippen MR) is 53.7 cm³/mol. The first-order valence-electron chi connectivity index (χ1n) is 4.68. The molecule has 15 heavy (non-hydrogen) atoms. The number of nitriles is 1. The smallest absolute Gasteiger partial charge is 0.100 e. The Hall–Kier alpha value is -2.05. The van der Waals surface area contributed by atoms with E-state index >= 15 is 0 Å². The van der Waals surface area contributed by atoms with Crippen LogP contribution in [0.3, 0.4) is 0 Å². The molecule has 1 heterocycles. The van der Waals surface area contributed by atoms with E-state index in [0.717, 1.165) is 5.69 Å². The second-order valence-electron chi connectivity index (χ2n) is 3.68. The van der Waals surface area contributed by atoms with Crippen LogP contribution in [0.2, 0.25) is 0 Å². The van der Waals surface area contributed by atoms with Gasteiger partial charge in [0.1, 0.15) is 5.41 Å². The van der Waals surface area contributed by atoms with Crippen LogP contribution in [0.1, 0.15) is 18.5 Å². The molecule has 74 valence electrons. The standard InChI is InChI=1S/C10H9N5/c11-7-10(5-8(6-10)14-15-12)9-3-1-2-4-13-9/h1-4,8H,5-6H2. The van der Waals surface area contributed by atoms with Gasteiger partial charge in [-0.05, 0) is 30.5 Å². The average molecular weight is 199 g/mol. The predicted octanol–water partition coefficient (Wildman–Crippen LogP) is 2.32. The third-order valence-corrected chi connectivity index (χ3v) is 2.75. The number of azide groups is 1. The highest BCUT2D eigenvalue weighted by Crippen LogP contribution is 2.44. The Kier molecular flexibility index (Phi) is 2.28. The summed E-state index contributed by atoms with van der Waals surface area (Å²) in [4.78, 5) is 6.93. The maximum Gasteiger partial charge on any atom is 0.100 e. The second-order valence-corrected chi connectivity index (χ2v) is 3.68. The lowest BCUT2D eigenvalue weighted by Crippen LogP contribution is -2.43. The molecule has 1 aliphatic carbocycles. The third kappa shape index (κ3) is 1.51. The molecule has 1 saturated carbocycles. The van der Waals surface area contributed by atoms with E-state index in [1.807, 2.05) is 18.2 Å². The van der Waals surface area contributed by atoms with E-state index in [2.05, 4.69) is 21.1 Å². The van der Waals surface area contributed by atoms with Crippen molar-refractivity contribution in [2.45, 2.75) is 24.3 Å². The zero-order chi connectivity index (χ0) is 10.7. The normalized spacial score (nSPS) is 28.3. The first kappa shape index (κ1) is 9.50. The van der Waals surface area contributed by atoms with Crippen LogP contribution in [0.4, 0.5) is 0 Å². The summed E-state index contributed by atoms with van der Waals surface area (Å²) in [5.74, 6) is 0. The molecule has 5 heteroatoms. The molecule has 1 aliphatic rings. The average Bonchev–Trinajstić information content (AvgIpc) is 2.24. The number of hydrogen-bond acceptors (Lipinski definition) is 3. The van der Waals surface area contributed by atoms with E-state index < -0.39 is 5.41 Å². The van der Waals surface area contributed by atoms with Crippen molar-refractivity contribution in [1.29, 1.82) is 5.26 Å². The summed E-state index contributed by atoms with van der Waals surface area (Å²) in [6.07, 6.45) is 2.82. The van der Waals surface area contributed by atoms with Crippen molar-refractivity contribution in [2.75, 3.05) is 0 Å². The zero-order valence-corrected chi connectivity index (χ0v) is 8.04. The van der Waals surface area contributed by atoms with Gasteiger partial charge in [-0.2, -0.15) is 5.26 Å². The van der Waals surface area contributed by atoms with Crippen molar-refractivity contribution in [1.82, 2.24) is 4.98 Å². The van der Waals surface area contributed by atoms with Gasteiger partial charge >= 0.3 is 0 Å². The van der Waals surface area contributed by atoms with Gasteiger partial charge in [0.25, 0.3) is 0 Å². The van der Waals surface area contributed by atoms with Crippen molar-refractivity contribution >= 4 is 0 Å². The largest absolute Gasteiger partial charge is 0.260 e. The number of pyridine rings is 1. The third-order valence-electron chi connectivity index (χ3n) is 2.75. The lowest BCUT2D eigenvalue weighted by molar-refractivity contribution is 0.265. The minimum Gasteiger partial charge on any atom is -0.260 e. The van der Waals surface area contributed by atoms with Crippen LogP contribution >= 0.6 is 0 Å². The van der Waals surface area contributed by atoms with E-state index in [1.165, 1.54) is 0 Å². The van der Waals surface area contributed by atoms with Gasteiger partial charge < -0.3 is 0 Å². The minimum atomic E-state index is -0.542. The van der Waals surface area contributed by atoms with Crippen LogP contribution in [0.15, 0.2) is 29.5 Å². The van der Waals surface area contributed by atoms with Gasteiger partial charge in [0, 0.05) is 17.2 Å². The molecule has 0 aromatic carbocycles. The second kappa shape index (κ2) is 3.60. The number of rotatable bonds is 2. The maximum absolute atomic E-state index is 9.15. The monoisotopic (exact) mass is 199 g/mol. The van der Waals surface area contributed by atoms with E-state index in [0.29, 0.717) is 12.8 Å². The highest BCUT2D eigenvalue weighted by Gasteiger charge is 2.46. The van der Waals surface area contributed by atoms with Crippen LogP contribution < -0.4 is 0 Å². The van der Waals surface area contributed by atoms with E-state index in [-0.39, 0.29) is 6.04 Å². The lowest BCUT2D eigenvalue weighted by atomic mass is 9.64. The summed E-state index contributed by atoms with van der Waals surface area (Å²) < 4.78 is 0. The van der Waals surface area contributed by atoms with Crippen molar-refractivity contribution < 1.29 is 0 Å². The first-order valence-corrected chi connectivity index (χ1v) is 4.68. The number of hydrogen-bond donors (Lipinski definition) is 0. The molecule has 0 spiro atoms. The Morgan fingerprint density at radius 3 is 2.93 bits per heavy atom. The van der Waals surface area contributed by atoms with E-state index in [1.54, 1.807) is 6.20 Å². The van der Waals surface area contributed by atoms with Gasteiger partial charge in [-0.3, -0.25) is 4.98 Å². The molecule has 0 atom stereocenters. The molecule has 1 fully saturated rings. The molecule has 1 aromatic rings. The Morgan fingerprint density at radius 1 is 1.60 bits per heavy atom. The van der Waals surface area contributed by atoms with Gasteiger partial charge in [-0.25, -0.2) is 0 Å². The first-order chi connectivity index (χ1) is 7.30. The summed E-state index contributed by atoms with van der Waals surface area (Å²) >= 11 is 0. The maximum atomic E-state index is 9.15. The van der Waals surface area contributed by atoms with Crippen molar-refractivity contribution in [3.8, 4) is 6.07 Å². The van der Waals surface area contributed by atoms with Crippen LogP contribution in [0, 0.1) is 11.3 Å². The molecule has 0 aliphatic heterocycles. The topological polar surface area (TPSA) is 85.4 Å². The number of nitrogens with zero attached hydrogens (tertiary/aromatic N) is 5. The summed E-state index contributed by atoms with van der Waals surface area (Å²) in [5, 5.41) is 12.8. The Morgan fingerprint density at radius 2 is 2.40 bits per heavy atom. The summed E-state index contributed by atoms with van der Waals surface area (Å²) in [5.41, 5.74) is 8.51. The molecular weight excluding hydrogens is 190 g/mol. The Bertz CT molecular complexity index is 435. The minimum absolute atomic E-state index is 0.0587. The number of aromatic nitrogens is 1. The van der Waals surface area contributed by atoms with Crippen LogP contribution in [0.5, 0.6) is 0 Å². The fraction of sp³-hybridized carbons (Fsp3) is 0.400. The van der Waals surface area contributed by atoms with Gasteiger partial charge in [-0.15, -0.1) is 0 Å². The Labute approximate surface area is 87.0 Å².